The van der Waals surface area contributed by atoms with E-state index in [4.69, 9.17) is 0 Å². The van der Waals surface area contributed by atoms with Crippen LogP contribution in [0.25, 0.3) is 10.9 Å². The summed E-state index contributed by atoms with van der Waals surface area (Å²) in [6, 6.07) is 4.72. The summed E-state index contributed by atoms with van der Waals surface area (Å²) in [6.07, 6.45) is 2.61. The lowest BCUT2D eigenvalue weighted by Crippen LogP contribution is -2.39. The molecular weight excluding hydrogens is 309 g/mol. The number of rotatable bonds is 6. The fourth-order valence-electron chi connectivity index (χ4n) is 2.30. The van der Waals surface area contributed by atoms with E-state index in [-0.39, 0.29) is 18.3 Å². The number of nitrogens with zero attached hydrogens (tertiary/aromatic N) is 2. The molecule has 0 aliphatic heterocycles. The molecule has 0 unspecified atom stereocenters. The SMILES string of the molecule is CCNC(=NCC(=O)N(C)C)NCCc1c[nH]c2ccc(F)cc12. The Hall–Kier alpha value is -2.57. The van der Waals surface area contributed by atoms with Crippen LogP contribution >= 0.6 is 0 Å². The minimum absolute atomic E-state index is 0.0562. The predicted molar refractivity (Wildman–Crippen MR) is 94.6 cm³/mol. The molecule has 0 saturated heterocycles. The summed E-state index contributed by atoms with van der Waals surface area (Å²) in [7, 11) is 3.41. The van der Waals surface area contributed by atoms with Crippen LogP contribution in [0.4, 0.5) is 4.39 Å². The van der Waals surface area contributed by atoms with Gasteiger partial charge in [0.2, 0.25) is 5.91 Å². The number of hydrogen-bond donors (Lipinski definition) is 3. The predicted octanol–water partition coefficient (Wildman–Crippen LogP) is 1.49. The topological polar surface area (TPSA) is 72.5 Å². The summed E-state index contributed by atoms with van der Waals surface area (Å²) in [5.41, 5.74) is 1.96. The summed E-state index contributed by atoms with van der Waals surface area (Å²) >= 11 is 0. The molecule has 7 heteroatoms. The Morgan fingerprint density at radius 1 is 1.33 bits per heavy atom. The van der Waals surface area contributed by atoms with Crippen molar-refractivity contribution in [1.82, 2.24) is 20.5 Å². The van der Waals surface area contributed by atoms with E-state index in [1.165, 1.54) is 17.0 Å². The van der Waals surface area contributed by atoms with Crippen molar-refractivity contribution in [2.45, 2.75) is 13.3 Å². The molecule has 0 atom stereocenters. The van der Waals surface area contributed by atoms with E-state index in [9.17, 15) is 9.18 Å². The standard InChI is InChI=1S/C17H24FN5O/c1-4-19-17(22-11-16(24)23(2)3)20-8-7-12-10-21-15-6-5-13(18)9-14(12)15/h5-6,9-10,21H,4,7-8,11H2,1-3H3,(H2,19,20,22). The number of aromatic amines is 1. The molecule has 3 N–H and O–H groups in total. The molecule has 24 heavy (non-hydrogen) atoms. The van der Waals surface area contributed by atoms with E-state index < -0.39 is 0 Å². The molecule has 0 spiro atoms. The number of benzene rings is 1. The number of amides is 1. The zero-order valence-electron chi connectivity index (χ0n) is 14.3. The Kier molecular flexibility index (Phi) is 6.17. The average molecular weight is 333 g/mol. The molecule has 0 radical (unpaired) electrons. The fourth-order valence-corrected chi connectivity index (χ4v) is 2.30. The van der Waals surface area contributed by atoms with Gasteiger partial charge in [-0.05, 0) is 37.1 Å². The first-order valence-electron chi connectivity index (χ1n) is 7.99. The maximum absolute atomic E-state index is 13.4. The lowest BCUT2D eigenvalue weighted by molar-refractivity contribution is -0.127. The first-order valence-corrected chi connectivity index (χ1v) is 7.99. The molecule has 0 aliphatic carbocycles. The van der Waals surface area contributed by atoms with E-state index in [1.807, 2.05) is 13.1 Å². The van der Waals surface area contributed by atoms with E-state index in [0.29, 0.717) is 19.0 Å². The number of carbonyl (C=O) groups excluding carboxylic acids is 1. The highest BCUT2D eigenvalue weighted by molar-refractivity contribution is 5.85. The van der Waals surface area contributed by atoms with Crippen LogP contribution in [0.3, 0.4) is 0 Å². The number of likely N-dealkylation sites (N-methyl/N-ethyl adjacent to an activating group) is 1. The van der Waals surface area contributed by atoms with Gasteiger partial charge in [-0.2, -0.15) is 0 Å². The zero-order chi connectivity index (χ0) is 17.5. The van der Waals surface area contributed by atoms with Crippen molar-refractivity contribution in [2.24, 2.45) is 4.99 Å². The van der Waals surface area contributed by atoms with Gasteiger partial charge in [0, 0.05) is 44.3 Å². The highest BCUT2D eigenvalue weighted by atomic mass is 19.1. The molecular formula is C17H24FN5O. The summed E-state index contributed by atoms with van der Waals surface area (Å²) < 4.78 is 13.4. The minimum Gasteiger partial charge on any atom is -0.361 e. The fraction of sp³-hybridized carbons (Fsp3) is 0.412. The van der Waals surface area contributed by atoms with E-state index in [2.05, 4.69) is 20.6 Å². The van der Waals surface area contributed by atoms with Gasteiger partial charge < -0.3 is 20.5 Å². The van der Waals surface area contributed by atoms with Gasteiger partial charge in [0.1, 0.15) is 12.4 Å². The van der Waals surface area contributed by atoms with Gasteiger partial charge in [-0.3, -0.25) is 4.79 Å². The maximum atomic E-state index is 13.4. The van der Waals surface area contributed by atoms with Crippen molar-refractivity contribution >= 4 is 22.8 Å². The first-order chi connectivity index (χ1) is 11.5. The Labute approximate surface area is 141 Å². The van der Waals surface area contributed by atoms with Crippen molar-refractivity contribution in [3.05, 3.63) is 35.8 Å². The maximum Gasteiger partial charge on any atom is 0.243 e. The quantitative estimate of drug-likeness (QED) is 0.554. The number of guanidine groups is 1. The second-order valence-electron chi connectivity index (χ2n) is 5.66. The number of hydrogen-bond acceptors (Lipinski definition) is 2. The Balaban J connectivity index is 1.95. The monoisotopic (exact) mass is 333 g/mol. The molecule has 0 fully saturated rings. The van der Waals surface area contributed by atoms with Crippen molar-refractivity contribution in [2.75, 3.05) is 33.7 Å². The van der Waals surface area contributed by atoms with Gasteiger partial charge in [0.15, 0.2) is 5.96 Å². The highest BCUT2D eigenvalue weighted by Crippen LogP contribution is 2.19. The molecule has 2 aromatic rings. The van der Waals surface area contributed by atoms with Gasteiger partial charge in [-0.25, -0.2) is 9.38 Å². The number of aliphatic imine (C=N–C) groups is 1. The molecule has 2 rings (SSSR count). The van der Waals surface area contributed by atoms with Crippen LogP contribution in [0.1, 0.15) is 12.5 Å². The van der Waals surface area contributed by atoms with Crippen molar-refractivity contribution in [3.8, 4) is 0 Å². The normalized spacial score (nSPS) is 11.6. The number of fused-ring (bicyclic) bond motifs is 1. The summed E-state index contributed by atoms with van der Waals surface area (Å²) in [5, 5.41) is 7.19. The summed E-state index contributed by atoms with van der Waals surface area (Å²) in [5.74, 6) is 0.298. The third-order valence-corrected chi connectivity index (χ3v) is 3.63. The number of halogens is 1. The number of carbonyl (C=O) groups is 1. The Morgan fingerprint density at radius 3 is 2.83 bits per heavy atom. The second-order valence-corrected chi connectivity index (χ2v) is 5.66. The Morgan fingerprint density at radius 2 is 2.12 bits per heavy atom. The van der Waals surface area contributed by atoms with Crippen LogP contribution in [0.5, 0.6) is 0 Å². The molecule has 0 aliphatic rings. The van der Waals surface area contributed by atoms with Crippen molar-refractivity contribution < 1.29 is 9.18 Å². The van der Waals surface area contributed by atoms with Gasteiger partial charge in [0.05, 0.1) is 0 Å². The lowest BCUT2D eigenvalue weighted by Gasteiger charge is -2.12. The van der Waals surface area contributed by atoms with Crippen molar-refractivity contribution in [1.29, 1.82) is 0 Å². The smallest absolute Gasteiger partial charge is 0.243 e. The largest absolute Gasteiger partial charge is 0.361 e. The third kappa shape index (κ3) is 4.71. The molecule has 1 heterocycles. The van der Waals surface area contributed by atoms with E-state index in [1.54, 1.807) is 20.2 Å². The molecule has 1 aromatic heterocycles. The third-order valence-electron chi connectivity index (χ3n) is 3.63. The molecule has 0 saturated carbocycles. The summed E-state index contributed by atoms with van der Waals surface area (Å²) in [4.78, 5) is 20.5. The van der Waals surface area contributed by atoms with Crippen LogP contribution in [-0.4, -0.2) is 55.5 Å². The average Bonchev–Trinajstić information content (AvgIpc) is 2.94. The van der Waals surface area contributed by atoms with Gasteiger partial charge in [-0.15, -0.1) is 0 Å². The van der Waals surface area contributed by atoms with Crippen LogP contribution < -0.4 is 10.6 Å². The van der Waals surface area contributed by atoms with Crippen LogP contribution in [0, 0.1) is 5.82 Å². The van der Waals surface area contributed by atoms with Crippen LogP contribution in [0.2, 0.25) is 0 Å². The van der Waals surface area contributed by atoms with Gasteiger partial charge in [-0.1, -0.05) is 0 Å². The molecule has 130 valence electrons. The van der Waals surface area contributed by atoms with Crippen LogP contribution in [0.15, 0.2) is 29.4 Å². The van der Waals surface area contributed by atoms with Gasteiger partial charge in [0.25, 0.3) is 0 Å². The van der Waals surface area contributed by atoms with E-state index >= 15 is 0 Å². The second kappa shape index (κ2) is 8.33. The Bertz CT molecular complexity index is 723. The van der Waals surface area contributed by atoms with Crippen molar-refractivity contribution in [3.63, 3.8) is 0 Å². The molecule has 6 nitrogen and oxygen atoms in total. The molecule has 1 amide bonds. The summed E-state index contributed by atoms with van der Waals surface area (Å²) in [6.45, 7) is 3.40. The number of aromatic nitrogens is 1. The van der Waals surface area contributed by atoms with Gasteiger partial charge >= 0.3 is 0 Å². The lowest BCUT2D eigenvalue weighted by atomic mass is 10.1. The zero-order valence-corrected chi connectivity index (χ0v) is 14.3. The van der Waals surface area contributed by atoms with Crippen LogP contribution in [-0.2, 0) is 11.2 Å². The first kappa shape index (κ1) is 17.8. The number of H-pyrrole nitrogens is 1. The highest BCUT2D eigenvalue weighted by Gasteiger charge is 2.06. The molecule has 0 bridgehead atoms. The number of nitrogens with one attached hydrogen (secondary N) is 3. The minimum atomic E-state index is -0.242. The molecule has 1 aromatic carbocycles. The van der Waals surface area contributed by atoms with E-state index in [0.717, 1.165) is 22.9 Å².